The first-order valence-corrected chi connectivity index (χ1v) is 9.87. The van der Waals surface area contributed by atoms with Crippen molar-refractivity contribution in [3.63, 3.8) is 0 Å². The van der Waals surface area contributed by atoms with Crippen LogP contribution in [0.25, 0.3) is 0 Å². The second-order valence-electron chi connectivity index (χ2n) is 5.56. The van der Waals surface area contributed by atoms with Gasteiger partial charge in [-0.2, -0.15) is 0 Å². The summed E-state index contributed by atoms with van der Waals surface area (Å²) in [5.74, 6) is -0.279. The highest BCUT2D eigenvalue weighted by atomic mass is 79.9. The quantitative estimate of drug-likeness (QED) is 0.622. The third kappa shape index (κ3) is 4.33. The van der Waals surface area contributed by atoms with Gasteiger partial charge < -0.3 is 9.73 Å². The molecule has 3 aromatic rings. The number of anilines is 2. The molecule has 1 amide bonds. The van der Waals surface area contributed by atoms with E-state index in [1.165, 1.54) is 30.3 Å². The summed E-state index contributed by atoms with van der Waals surface area (Å²) in [5, 5.41) is 2.64. The zero-order valence-corrected chi connectivity index (χ0v) is 16.1. The molecular weight excluding hydrogens is 420 g/mol. The Labute approximate surface area is 159 Å². The molecule has 0 saturated carbocycles. The van der Waals surface area contributed by atoms with Crippen LogP contribution >= 0.6 is 15.9 Å². The minimum Gasteiger partial charge on any atom is -0.444 e. The van der Waals surface area contributed by atoms with Gasteiger partial charge in [0.15, 0.2) is 10.4 Å². The van der Waals surface area contributed by atoms with Crippen molar-refractivity contribution in [3.05, 3.63) is 76.7 Å². The molecule has 2 aromatic carbocycles. The molecule has 1 heterocycles. The summed E-state index contributed by atoms with van der Waals surface area (Å²) in [5.41, 5.74) is 1.90. The fourth-order valence-corrected chi connectivity index (χ4v) is 3.63. The van der Waals surface area contributed by atoms with Crippen molar-refractivity contribution in [1.29, 1.82) is 0 Å². The summed E-state index contributed by atoms with van der Waals surface area (Å²) < 4.78 is 33.1. The van der Waals surface area contributed by atoms with Crippen molar-refractivity contribution in [2.24, 2.45) is 0 Å². The lowest BCUT2D eigenvalue weighted by molar-refractivity contribution is 0.0995. The highest BCUT2D eigenvalue weighted by Crippen LogP contribution is 2.20. The van der Waals surface area contributed by atoms with Gasteiger partial charge in [0.2, 0.25) is 0 Å². The standard InChI is InChI=1S/C18H15BrN2O4S/c1-12-3-2-4-14(11-12)21-26(23,24)15-7-5-13(6-8-15)20-18(22)16-9-10-17(19)25-16/h2-11,21H,1H3,(H,20,22). The highest BCUT2D eigenvalue weighted by Gasteiger charge is 2.15. The van der Waals surface area contributed by atoms with Crippen LogP contribution in [0.5, 0.6) is 0 Å². The van der Waals surface area contributed by atoms with Crippen LogP contribution in [-0.2, 0) is 10.0 Å². The Bertz CT molecular complexity index is 1040. The van der Waals surface area contributed by atoms with Crippen molar-refractivity contribution in [2.45, 2.75) is 11.8 Å². The number of hydrogen-bond acceptors (Lipinski definition) is 4. The number of furan rings is 1. The summed E-state index contributed by atoms with van der Waals surface area (Å²) in [4.78, 5) is 12.1. The molecule has 1 aromatic heterocycles. The van der Waals surface area contributed by atoms with Crippen LogP contribution in [0.4, 0.5) is 11.4 Å². The molecule has 0 aliphatic heterocycles. The second kappa shape index (κ2) is 7.35. The predicted molar refractivity (Wildman–Crippen MR) is 103 cm³/mol. The van der Waals surface area contributed by atoms with Crippen molar-refractivity contribution in [1.82, 2.24) is 0 Å². The number of benzene rings is 2. The summed E-state index contributed by atoms with van der Waals surface area (Å²) in [6, 6.07) is 16.1. The Morgan fingerprint density at radius 2 is 1.73 bits per heavy atom. The third-order valence-corrected chi connectivity index (χ3v) is 5.31. The Kier molecular flexibility index (Phi) is 5.15. The molecule has 3 rings (SSSR count). The molecule has 0 saturated heterocycles. The van der Waals surface area contributed by atoms with E-state index in [4.69, 9.17) is 4.42 Å². The lowest BCUT2D eigenvalue weighted by atomic mass is 10.2. The predicted octanol–water partition coefficient (Wildman–Crippen LogP) is 4.40. The molecule has 0 spiro atoms. The molecule has 0 unspecified atom stereocenters. The topological polar surface area (TPSA) is 88.4 Å². The van der Waals surface area contributed by atoms with Gasteiger partial charge in [-0.05, 0) is 76.9 Å². The van der Waals surface area contributed by atoms with Gasteiger partial charge in [0.25, 0.3) is 15.9 Å². The van der Waals surface area contributed by atoms with E-state index in [1.54, 1.807) is 24.3 Å². The maximum atomic E-state index is 12.5. The third-order valence-electron chi connectivity index (χ3n) is 3.49. The minimum atomic E-state index is -3.71. The molecular formula is C18H15BrN2O4S. The monoisotopic (exact) mass is 434 g/mol. The maximum Gasteiger partial charge on any atom is 0.291 e. The number of halogens is 1. The van der Waals surface area contributed by atoms with Gasteiger partial charge in [0.1, 0.15) is 0 Å². The molecule has 26 heavy (non-hydrogen) atoms. The molecule has 0 aliphatic rings. The first-order valence-electron chi connectivity index (χ1n) is 7.60. The summed E-state index contributed by atoms with van der Waals surface area (Å²) in [6.45, 7) is 1.88. The van der Waals surface area contributed by atoms with Crippen LogP contribution in [0.2, 0.25) is 0 Å². The van der Waals surface area contributed by atoms with Gasteiger partial charge in [0.05, 0.1) is 4.90 Å². The first-order chi connectivity index (χ1) is 12.3. The van der Waals surface area contributed by atoms with E-state index in [0.29, 0.717) is 16.0 Å². The van der Waals surface area contributed by atoms with E-state index < -0.39 is 15.9 Å². The Hall–Kier alpha value is -2.58. The smallest absolute Gasteiger partial charge is 0.291 e. The van der Waals surface area contributed by atoms with Gasteiger partial charge in [-0.1, -0.05) is 12.1 Å². The van der Waals surface area contributed by atoms with Gasteiger partial charge in [-0.3, -0.25) is 9.52 Å². The highest BCUT2D eigenvalue weighted by molar-refractivity contribution is 9.10. The second-order valence-corrected chi connectivity index (χ2v) is 8.02. The molecule has 2 N–H and O–H groups in total. The largest absolute Gasteiger partial charge is 0.444 e. The van der Waals surface area contributed by atoms with Crippen LogP contribution in [0, 0.1) is 6.92 Å². The zero-order chi connectivity index (χ0) is 18.7. The normalized spacial score (nSPS) is 11.2. The van der Waals surface area contributed by atoms with E-state index in [0.717, 1.165) is 5.56 Å². The van der Waals surface area contributed by atoms with E-state index in [9.17, 15) is 13.2 Å². The molecule has 6 nitrogen and oxygen atoms in total. The zero-order valence-electron chi connectivity index (χ0n) is 13.7. The number of hydrogen-bond donors (Lipinski definition) is 2. The number of carbonyl (C=O) groups is 1. The lowest BCUT2D eigenvalue weighted by Gasteiger charge is -2.09. The Morgan fingerprint density at radius 1 is 1.00 bits per heavy atom. The molecule has 0 radical (unpaired) electrons. The average molecular weight is 435 g/mol. The van der Waals surface area contributed by atoms with Crippen molar-refractivity contribution >= 4 is 43.2 Å². The molecule has 0 atom stereocenters. The van der Waals surface area contributed by atoms with Crippen molar-refractivity contribution in [3.8, 4) is 0 Å². The number of aryl methyl sites for hydroxylation is 1. The molecule has 8 heteroatoms. The van der Waals surface area contributed by atoms with Gasteiger partial charge in [0, 0.05) is 11.4 Å². The summed E-state index contributed by atoms with van der Waals surface area (Å²) >= 11 is 3.13. The first kappa shape index (κ1) is 18.2. The summed E-state index contributed by atoms with van der Waals surface area (Å²) in [7, 11) is -3.71. The lowest BCUT2D eigenvalue weighted by Crippen LogP contribution is -2.14. The van der Waals surface area contributed by atoms with E-state index >= 15 is 0 Å². The average Bonchev–Trinajstić information content (AvgIpc) is 3.01. The number of amides is 1. The Balaban J connectivity index is 1.73. The van der Waals surface area contributed by atoms with E-state index in [-0.39, 0.29) is 10.7 Å². The number of carbonyl (C=O) groups excluding carboxylic acids is 1. The fourth-order valence-electron chi connectivity index (χ4n) is 2.27. The van der Waals surface area contributed by atoms with Crippen LogP contribution in [0.1, 0.15) is 16.1 Å². The molecule has 0 fully saturated rings. The van der Waals surface area contributed by atoms with Crippen LogP contribution in [-0.4, -0.2) is 14.3 Å². The van der Waals surface area contributed by atoms with E-state index in [1.807, 2.05) is 13.0 Å². The van der Waals surface area contributed by atoms with Crippen LogP contribution < -0.4 is 10.0 Å². The maximum absolute atomic E-state index is 12.5. The summed E-state index contributed by atoms with van der Waals surface area (Å²) in [6.07, 6.45) is 0. The van der Waals surface area contributed by atoms with Gasteiger partial charge in [-0.25, -0.2) is 8.42 Å². The SMILES string of the molecule is Cc1cccc(NS(=O)(=O)c2ccc(NC(=O)c3ccc(Br)o3)cc2)c1. The number of nitrogens with one attached hydrogen (secondary N) is 2. The number of rotatable bonds is 5. The molecule has 0 aliphatic carbocycles. The van der Waals surface area contributed by atoms with Crippen molar-refractivity contribution in [2.75, 3.05) is 10.0 Å². The van der Waals surface area contributed by atoms with Gasteiger partial charge in [-0.15, -0.1) is 0 Å². The van der Waals surface area contributed by atoms with Crippen molar-refractivity contribution < 1.29 is 17.6 Å². The van der Waals surface area contributed by atoms with Gasteiger partial charge >= 0.3 is 0 Å². The minimum absolute atomic E-state index is 0.0951. The van der Waals surface area contributed by atoms with Crippen LogP contribution in [0.15, 0.2) is 74.6 Å². The molecule has 0 bridgehead atoms. The Morgan fingerprint density at radius 3 is 2.35 bits per heavy atom. The van der Waals surface area contributed by atoms with Crippen LogP contribution in [0.3, 0.4) is 0 Å². The number of sulfonamides is 1. The van der Waals surface area contributed by atoms with E-state index in [2.05, 4.69) is 26.0 Å². The fraction of sp³-hybridized carbons (Fsp3) is 0.0556. The molecule has 134 valence electrons.